The maximum atomic E-state index is 5.54. The number of anilines is 1. The molecular weight excluding hydrogens is 252 g/mol. The molecule has 1 unspecified atom stereocenters. The number of rotatable bonds is 6. The number of piperidine rings is 1. The first-order chi connectivity index (χ1) is 9.74. The highest BCUT2D eigenvalue weighted by molar-refractivity contribution is 5.36. The van der Waals surface area contributed by atoms with E-state index in [-0.39, 0.29) is 0 Å². The average molecular weight is 278 g/mol. The van der Waals surface area contributed by atoms with Crippen molar-refractivity contribution in [1.82, 2.24) is 15.3 Å². The molecule has 0 radical (unpaired) electrons. The van der Waals surface area contributed by atoms with Crippen LogP contribution in [0.3, 0.4) is 0 Å². The Labute approximate surface area is 121 Å². The normalized spacial score (nSPS) is 19.1. The third kappa shape index (κ3) is 3.82. The second kappa shape index (κ2) is 7.43. The Kier molecular flexibility index (Phi) is 5.59. The number of hydrogen-bond donors (Lipinski definition) is 1. The molecule has 0 aliphatic carbocycles. The second-order valence-electron chi connectivity index (χ2n) is 5.23. The first-order valence-corrected chi connectivity index (χ1v) is 7.70. The van der Waals surface area contributed by atoms with E-state index in [1.165, 1.54) is 19.3 Å². The molecule has 0 amide bonds. The topological polar surface area (TPSA) is 50.3 Å². The van der Waals surface area contributed by atoms with Crippen molar-refractivity contribution in [2.75, 3.05) is 31.1 Å². The van der Waals surface area contributed by atoms with Crippen LogP contribution < -0.4 is 15.0 Å². The van der Waals surface area contributed by atoms with Gasteiger partial charge in [-0.2, -0.15) is 4.98 Å². The van der Waals surface area contributed by atoms with E-state index in [1.807, 2.05) is 19.9 Å². The van der Waals surface area contributed by atoms with Gasteiger partial charge in [-0.3, -0.25) is 0 Å². The predicted molar refractivity (Wildman–Crippen MR) is 81.5 cm³/mol. The highest BCUT2D eigenvalue weighted by Gasteiger charge is 2.24. The summed E-state index contributed by atoms with van der Waals surface area (Å²) in [6.45, 7) is 9.79. The minimum Gasteiger partial charge on any atom is -0.478 e. The number of hydrogen-bond acceptors (Lipinski definition) is 5. The van der Waals surface area contributed by atoms with Gasteiger partial charge < -0.3 is 15.0 Å². The zero-order valence-electron chi connectivity index (χ0n) is 12.9. The van der Waals surface area contributed by atoms with E-state index in [0.29, 0.717) is 18.5 Å². The summed E-state index contributed by atoms with van der Waals surface area (Å²) < 4.78 is 5.54. The fraction of sp³-hybridized carbons (Fsp3) is 0.733. The van der Waals surface area contributed by atoms with Gasteiger partial charge in [0.1, 0.15) is 0 Å². The third-order valence-corrected chi connectivity index (χ3v) is 3.63. The lowest BCUT2D eigenvalue weighted by Crippen LogP contribution is -2.46. The van der Waals surface area contributed by atoms with Gasteiger partial charge >= 0.3 is 0 Å². The summed E-state index contributed by atoms with van der Waals surface area (Å²) in [7, 11) is 0. The van der Waals surface area contributed by atoms with Crippen molar-refractivity contribution in [3.8, 4) is 5.88 Å². The van der Waals surface area contributed by atoms with Gasteiger partial charge in [0, 0.05) is 30.9 Å². The molecule has 1 atom stereocenters. The average Bonchev–Trinajstić information content (AvgIpc) is 2.45. The fourth-order valence-corrected chi connectivity index (χ4v) is 2.66. The van der Waals surface area contributed by atoms with Gasteiger partial charge in [0.25, 0.3) is 0 Å². The van der Waals surface area contributed by atoms with Crippen LogP contribution in [0.4, 0.5) is 5.95 Å². The van der Waals surface area contributed by atoms with Crippen LogP contribution in [-0.4, -0.2) is 42.3 Å². The summed E-state index contributed by atoms with van der Waals surface area (Å²) in [4.78, 5) is 11.5. The van der Waals surface area contributed by atoms with Crippen LogP contribution in [0.2, 0.25) is 0 Å². The summed E-state index contributed by atoms with van der Waals surface area (Å²) >= 11 is 0. The molecule has 5 nitrogen and oxygen atoms in total. The molecule has 1 aliphatic rings. The Morgan fingerprint density at radius 1 is 1.35 bits per heavy atom. The Balaban J connectivity index is 2.17. The molecule has 5 heteroatoms. The molecule has 1 aliphatic heterocycles. The molecule has 0 spiro atoms. The monoisotopic (exact) mass is 278 g/mol. The number of likely N-dealkylation sites (N-methyl/N-ethyl adjacent to an activating group) is 1. The lowest BCUT2D eigenvalue weighted by molar-refractivity contribution is 0.324. The molecule has 1 fully saturated rings. The molecule has 1 aromatic heterocycles. The van der Waals surface area contributed by atoms with E-state index in [9.17, 15) is 0 Å². The van der Waals surface area contributed by atoms with E-state index in [1.54, 1.807) is 0 Å². The van der Waals surface area contributed by atoms with Gasteiger partial charge in [-0.25, -0.2) is 4.98 Å². The Hall–Kier alpha value is -1.36. The first kappa shape index (κ1) is 15.0. The third-order valence-electron chi connectivity index (χ3n) is 3.63. The van der Waals surface area contributed by atoms with Crippen molar-refractivity contribution < 1.29 is 4.74 Å². The molecule has 1 aromatic rings. The fourth-order valence-electron chi connectivity index (χ4n) is 2.66. The van der Waals surface area contributed by atoms with E-state index in [0.717, 1.165) is 31.3 Å². The molecule has 2 rings (SSSR count). The van der Waals surface area contributed by atoms with Crippen LogP contribution in [0.1, 0.15) is 38.8 Å². The standard InChI is InChI=1S/C15H26N4O/c1-4-16-11-13-8-6-7-9-19(13)15-17-12(3)10-14(18-15)20-5-2/h10,13,16H,4-9,11H2,1-3H3. The molecular formula is C15H26N4O. The largest absolute Gasteiger partial charge is 0.478 e. The number of aromatic nitrogens is 2. The van der Waals surface area contributed by atoms with E-state index < -0.39 is 0 Å². The van der Waals surface area contributed by atoms with Crippen molar-refractivity contribution in [1.29, 1.82) is 0 Å². The molecule has 20 heavy (non-hydrogen) atoms. The van der Waals surface area contributed by atoms with Gasteiger partial charge in [-0.15, -0.1) is 0 Å². The molecule has 0 saturated carbocycles. The lowest BCUT2D eigenvalue weighted by Gasteiger charge is -2.36. The number of nitrogens with zero attached hydrogens (tertiary/aromatic N) is 3. The molecule has 2 heterocycles. The zero-order valence-corrected chi connectivity index (χ0v) is 12.9. The zero-order chi connectivity index (χ0) is 14.4. The van der Waals surface area contributed by atoms with Crippen molar-refractivity contribution in [2.24, 2.45) is 0 Å². The summed E-state index contributed by atoms with van der Waals surface area (Å²) in [6, 6.07) is 2.39. The summed E-state index contributed by atoms with van der Waals surface area (Å²) in [5.41, 5.74) is 0.964. The molecule has 0 aromatic carbocycles. The van der Waals surface area contributed by atoms with E-state index in [2.05, 4.69) is 27.1 Å². The van der Waals surface area contributed by atoms with Crippen molar-refractivity contribution in [2.45, 2.75) is 46.1 Å². The van der Waals surface area contributed by atoms with Gasteiger partial charge in [-0.05, 0) is 39.7 Å². The quantitative estimate of drug-likeness (QED) is 0.864. The van der Waals surface area contributed by atoms with Gasteiger partial charge in [0.05, 0.1) is 6.61 Å². The molecule has 1 N–H and O–H groups in total. The number of nitrogens with one attached hydrogen (secondary N) is 1. The highest BCUT2D eigenvalue weighted by atomic mass is 16.5. The van der Waals surface area contributed by atoms with Crippen LogP contribution >= 0.6 is 0 Å². The van der Waals surface area contributed by atoms with Crippen LogP contribution in [-0.2, 0) is 0 Å². The van der Waals surface area contributed by atoms with Crippen molar-refractivity contribution in [3.05, 3.63) is 11.8 Å². The summed E-state index contributed by atoms with van der Waals surface area (Å²) in [5.74, 6) is 1.50. The van der Waals surface area contributed by atoms with Gasteiger partial charge in [-0.1, -0.05) is 6.92 Å². The predicted octanol–water partition coefficient (Wildman–Crippen LogP) is 2.15. The van der Waals surface area contributed by atoms with E-state index >= 15 is 0 Å². The summed E-state index contributed by atoms with van der Waals surface area (Å²) in [5, 5.41) is 3.44. The maximum Gasteiger partial charge on any atom is 0.229 e. The molecule has 112 valence electrons. The van der Waals surface area contributed by atoms with Gasteiger partial charge in [0.15, 0.2) is 0 Å². The Morgan fingerprint density at radius 2 is 2.20 bits per heavy atom. The smallest absolute Gasteiger partial charge is 0.229 e. The number of ether oxygens (including phenoxy) is 1. The second-order valence-corrected chi connectivity index (χ2v) is 5.23. The maximum absolute atomic E-state index is 5.54. The van der Waals surface area contributed by atoms with Gasteiger partial charge in [0.2, 0.25) is 11.8 Å². The van der Waals surface area contributed by atoms with E-state index in [4.69, 9.17) is 4.74 Å². The number of aryl methyl sites for hydroxylation is 1. The Bertz CT molecular complexity index is 424. The van der Waals surface area contributed by atoms with Crippen molar-refractivity contribution in [3.63, 3.8) is 0 Å². The van der Waals surface area contributed by atoms with Crippen LogP contribution in [0, 0.1) is 6.92 Å². The lowest BCUT2D eigenvalue weighted by atomic mass is 10.0. The highest BCUT2D eigenvalue weighted by Crippen LogP contribution is 2.23. The SMILES string of the molecule is CCNCC1CCCCN1c1nc(C)cc(OCC)n1. The first-order valence-electron chi connectivity index (χ1n) is 7.70. The Morgan fingerprint density at radius 3 is 2.95 bits per heavy atom. The minimum atomic E-state index is 0.486. The minimum absolute atomic E-state index is 0.486. The molecule has 1 saturated heterocycles. The van der Waals surface area contributed by atoms with Crippen LogP contribution in [0.15, 0.2) is 6.07 Å². The van der Waals surface area contributed by atoms with Crippen LogP contribution in [0.5, 0.6) is 5.88 Å². The van der Waals surface area contributed by atoms with Crippen LogP contribution in [0.25, 0.3) is 0 Å². The summed E-state index contributed by atoms with van der Waals surface area (Å²) in [6.07, 6.45) is 3.70. The van der Waals surface area contributed by atoms with Crippen molar-refractivity contribution >= 4 is 5.95 Å². The molecule has 0 bridgehead atoms.